The van der Waals surface area contributed by atoms with Crippen molar-refractivity contribution in [2.75, 3.05) is 6.61 Å². The molecular formula is C17H23NO. The maximum atomic E-state index is 8.84. The summed E-state index contributed by atoms with van der Waals surface area (Å²) in [5.41, 5.74) is 2.31. The molecule has 19 heavy (non-hydrogen) atoms. The van der Waals surface area contributed by atoms with Gasteiger partial charge in [0, 0.05) is 24.2 Å². The van der Waals surface area contributed by atoms with Gasteiger partial charge in [0.1, 0.15) is 6.61 Å². The van der Waals surface area contributed by atoms with Gasteiger partial charge < -0.3 is 5.11 Å². The van der Waals surface area contributed by atoms with E-state index in [4.69, 9.17) is 5.11 Å². The summed E-state index contributed by atoms with van der Waals surface area (Å²) in [4.78, 5) is 2.57. The van der Waals surface area contributed by atoms with Crippen molar-refractivity contribution in [1.82, 2.24) is 4.90 Å². The Bertz CT molecular complexity index is 462. The third-order valence-corrected chi connectivity index (χ3v) is 4.05. The van der Waals surface area contributed by atoms with Crippen LogP contribution < -0.4 is 0 Å². The number of piperidine rings is 1. The van der Waals surface area contributed by atoms with E-state index in [-0.39, 0.29) is 6.61 Å². The molecule has 0 saturated carbocycles. The molecule has 1 saturated heterocycles. The lowest BCUT2D eigenvalue weighted by atomic mass is 9.96. The number of likely N-dealkylation sites (tertiary alicyclic amines) is 1. The number of nitrogens with zero attached hydrogens (tertiary/aromatic N) is 1. The van der Waals surface area contributed by atoms with E-state index in [0.717, 1.165) is 12.1 Å². The summed E-state index contributed by atoms with van der Waals surface area (Å²) in [5, 5.41) is 8.84. The minimum absolute atomic E-state index is 0.0785. The number of hydrogen-bond donors (Lipinski definition) is 1. The van der Waals surface area contributed by atoms with Crippen LogP contribution in [0.5, 0.6) is 0 Å². The van der Waals surface area contributed by atoms with E-state index in [9.17, 15) is 0 Å². The van der Waals surface area contributed by atoms with Gasteiger partial charge in [0.2, 0.25) is 0 Å². The molecule has 0 aliphatic carbocycles. The lowest BCUT2D eigenvalue weighted by Gasteiger charge is -2.39. The second-order valence-electron chi connectivity index (χ2n) is 5.42. The highest BCUT2D eigenvalue weighted by Crippen LogP contribution is 2.25. The van der Waals surface area contributed by atoms with Crippen molar-refractivity contribution in [3.63, 3.8) is 0 Å². The first kappa shape index (κ1) is 14.1. The van der Waals surface area contributed by atoms with Gasteiger partial charge in [-0.05, 0) is 38.3 Å². The van der Waals surface area contributed by atoms with Gasteiger partial charge in [-0.1, -0.05) is 36.5 Å². The molecule has 0 unspecified atom stereocenters. The first-order valence-electron chi connectivity index (χ1n) is 7.15. The first-order chi connectivity index (χ1) is 9.22. The number of aliphatic hydroxyl groups is 1. The lowest BCUT2D eigenvalue weighted by molar-refractivity contribution is 0.0952. The van der Waals surface area contributed by atoms with Crippen LogP contribution in [0, 0.1) is 11.8 Å². The number of benzene rings is 1. The second-order valence-corrected chi connectivity index (χ2v) is 5.42. The monoisotopic (exact) mass is 257 g/mol. The normalized spacial score (nSPS) is 23.7. The highest BCUT2D eigenvalue weighted by Gasteiger charge is 2.24. The minimum atomic E-state index is -0.0785. The molecule has 1 aliphatic heterocycles. The molecule has 1 aromatic carbocycles. The molecule has 1 N–H and O–H groups in total. The largest absolute Gasteiger partial charge is 0.384 e. The third-order valence-electron chi connectivity index (χ3n) is 4.05. The van der Waals surface area contributed by atoms with Gasteiger partial charge in [0.05, 0.1) is 0 Å². The summed E-state index contributed by atoms with van der Waals surface area (Å²) in [7, 11) is 0. The van der Waals surface area contributed by atoms with Crippen LogP contribution in [0.2, 0.25) is 0 Å². The van der Waals surface area contributed by atoms with E-state index in [1.54, 1.807) is 0 Å². The fourth-order valence-corrected chi connectivity index (χ4v) is 2.90. The molecule has 102 valence electrons. The van der Waals surface area contributed by atoms with Crippen molar-refractivity contribution in [3.05, 3.63) is 35.4 Å². The van der Waals surface area contributed by atoms with Crippen LogP contribution >= 0.6 is 0 Å². The average Bonchev–Trinajstić information content (AvgIpc) is 2.42. The van der Waals surface area contributed by atoms with Crippen LogP contribution in [0.25, 0.3) is 0 Å². The predicted octanol–water partition coefficient (Wildman–Crippen LogP) is 2.79. The van der Waals surface area contributed by atoms with Gasteiger partial charge in [-0.3, -0.25) is 4.90 Å². The van der Waals surface area contributed by atoms with Gasteiger partial charge in [-0.15, -0.1) is 0 Å². The lowest BCUT2D eigenvalue weighted by Crippen LogP contribution is -2.43. The molecule has 2 atom stereocenters. The van der Waals surface area contributed by atoms with Crippen LogP contribution in [-0.4, -0.2) is 28.7 Å². The zero-order chi connectivity index (χ0) is 13.7. The van der Waals surface area contributed by atoms with Gasteiger partial charge in [0.15, 0.2) is 0 Å². The summed E-state index contributed by atoms with van der Waals surface area (Å²) in [6, 6.07) is 9.55. The van der Waals surface area contributed by atoms with Gasteiger partial charge in [-0.2, -0.15) is 0 Å². The second kappa shape index (κ2) is 6.75. The van der Waals surface area contributed by atoms with E-state index in [2.05, 4.69) is 42.7 Å². The molecule has 1 aromatic rings. The van der Waals surface area contributed by atoms with Crippen molar-refractivity contribution >= 4 is 0 Å². The molecule has 1 heterocycles. The van der Waals surface area contributed by atoms with Gasteiger partial charge >= 0.3 is 0 Å². The zero-order valence-corrected chi connectivity index (χ0v) is 11.9. The molecule has 0 aromatic heterocycles. The Kier molecular flexibility index (Phi) is 5.01. The number of aliphatic hydroxyl groups excluding tert-OH is 1. The highest BCUT2D eigenvalue weighted by atomic mass is 16.2. The average molecular weight is 257 g/mol. The molecule has 0 bridgehead atoms. The summed E-state index contributed by atoms with van der Waals surface area (Å²) in [5.74, 6) is 5.81. The Hall–Kier alpha value is -1.30. The molecule has 1 fully saturated rings. The maximum Gasteiger partial charge on any atom is 0.104 e. The van der Waals surface area contributed by atoms with Crippen LogP contribution in [0.3, 0.4) is 0 Å². The molecule has 2 rings (SSSR count). The first-order valence-corrected chi connectivity index (χ1v) is 7.15. The fraction of sp³-hybridized carbons (Fsp3) is 0.529. The number of rotatable bonds is 2. The quantitative estimate of drug-likeness (QED) is 0.824. The Balaban J connectivity index is 2.18. The van der Waals surface area contributed by atoms with E-state index >= 15 is 0 Å². The van der Waals surface area contributed by atoms with Crippen molar-refractivity contribution in [3.8, 4) is 11.8 Å². The molecule has 0 radical (unpaired) electrons. The summed E-state index contributed by atoms with van der Waals surface area (Å²) < 4.78 is 0. The van der Waals surface area contributed by atoms with E-state index in [1.165, 1.54) is 24.8 Å². The SMILES string of the molecule is C[C@@H]1CCC[C@H](C)N1Cc1ccccc1C#CCO. The number of hydrogen-bond acceptors (Lipinski definition) is 2. The van der Waals surface area contributed by atoms with Crippen molar-refractivity contribution in [2.45, 2.75) is 51.7 Å². The van der Waals surface area contributed by atoms with Gasteiger partial charge in [0.25, 0.3) is 0 Å². The van der Waals surface area contributed by atoms with E-state index in [0.29, 0.717) is 12.1 Å². The maximum absolute atomic E-state index is 8.84. The molecule has 0 amide bonds. The Morgan fingerprint density at radius 2 is 1.89 bits per heavy atom. The molecular weight excluding hydrogens is 234 g/mol. The molecule has 2 heteroatoms. The summed E-state index contributed by atoms with van der Waals surface area (Å²) >= 11 is 0. The van der Waals surface area contributed by atoms with Crippen LogP contribution in [0.4, 0.5) is 0 Å². The van der Waals surface area contributed by atoms with Crippen molar-refractivity contribution in [1.29, 1.82) is 0 Å². The summed E-state index contributed by atoms with van der Waals surface area (Å²) in [6.45, 7) is 5.51. The summed E-state index contributed by atoms with van der Waals surface area (Å²) in [6.07, 6.45) is 3.91. The smallest absolute Gasteiger partial charge is 0.104 e. The molecule has 0 spiro atoms. The van der Waals surface area contributed by atoms with E-state index in [1.807, 2.05) is 12.1 Å². The Labute approximate surface area is 116 Å². The fourth-order valence-electron chi connectivity index (χ4n) is 2.90. The third kappa shape index (κ3) is 3.59. The van der Waals surface area contributed by atoms with Crippen LogP contribution in [0.15, 0.2) is 24.3 Å². The van der Waals surface area contributed by atoms with Gasteiger partial charge in [-0.25, -0.2) is 0 Å². The topological polar surface area (TPSA) is 23.5 Å². The van der Waals surface area contributed by atoms with Crippen molar-refractivity contribution < 1.29 is 5.11 Å². The van der Waals surface area contributed by atoms with Crippen molar-refractivity contribution in [2.24, 2.45) is 0 Å². The highest BCUT2D eigenvalue weighted by molar-refractivity contribution is 5.41. The predicted molar refractivity (Wildman–Crippen MR) is 78.7 cm³/mol. The molecule has 1 aliphatic rings. The zero-order valence-electron chi connectivity index (χ0n) is 11.9. The van der Waals surface area contributed by atoms with Crippen LogP contribution in [-0.2, 0) is 6.54 Å². The van der Waals surface area contributed by atoms with E-state index < -0.39 is 0 Å². The molecule has 2 nitrogen and oxygen atoms in total. The Morgan fingerprint density at radius 3 is 2.58 bits per heavy atom. The Morgan fingerprint density at radius 1 is 1.21 bits per heavy atom. The standard InChI is InChI=1S/C17H23NO/c1-14-7-5-8-15(2)18(14)13-17-10-4-3-9-16(17)11-6-12-19/h3-4,9-10,14-15,19H,5,7-8,12-13H2,1-2H3/t14-,15+. The minimum Gasteiger partial charge on any atom is -0.384 e. The van der Waals surface area contributed by atoms with Crippen LogP contribution in [0.1, 0.15) is 44.2 Å².